The van der Waals surface area contributed by atoms with Crippen LogP contribution in [0.4, 0.5) is 0 Å². The molecule has 0 amide bonds. The molecule has 0 aromatic carbocycles. The smallest absolute Gasteiger partial charge is 0.306 e. The molecule has 9 heteroatoms. The Morgan fingerprint density at radius 3 is 1.21 bits per heavy atom. The number of allylic oxidation sites excluding steroid dienone is 16. The Balaban J connectivity index is 4.14. The largest absolute Gasteiger partial charge is 0.756 e. The second kappa shape index (κ2) is 55.6. The molecule has 0 fully saturated rings. The maximum atomic E-state index is 12.8. The van der Waals surface area contributed by atoms with Crippen LogP contribution in [-0.2, 0) is 27.9 Å². The molecule has 0 aliphatic carbocycles. The Labute approximate surface area is 451 Å². The van der Waals surface area contributed by atoms with Gasteiger partial charge < -0.3 is 27.9 Å². The summed E-state index contributed by atoms with van der Waals surface area (Å²) in [5.74, 6) is -0.366. The first-order valence-electron chi connectivity index (χ1n) is 30.0. The number of phosphoric ester groups is 1. The Kier molecular flexibility index (Phi) is 53.7. The van der Waals surface area contributed by atoms with Crippen molar-refractivity contribution in [2.45, 2.75) is 251 Å². The van der Waals surface area contributed by atoms with Crippen molar-refractivity contribution in [3.63, 3.8) is 0 Å². The molecule has 0 saturated heterocycles. The second-order valence-corrected chi connectivity index (χ2v) is 22.4. The standard InChI is InChI=1S/C64H114NO7P/c1-6-8-10-12-14-16-18-20-22-24-26-28-30-32-34-36-38-40-42-44-46-48-50-52-54-56-59-69-61-63(62-71-73(67,68)70-60-58-65(3,4)5)72-64(66)57-55-53-51-49-47-45-43-41-39-37-35-33-31-29-27-25-23-21-19-17-15-13-11-9-7-2/h9,11,15,17,21,23-24,26-27,29,33,35,39,41,45,47,63H,6-8,10,12-14,16,18-20,22,25,28,30-32,34,36-38,40,42-44,46,48-62H2,1-5H3/b11-9-,17-15-,23-21-,26-24-,29-27-,35-33-,41-39-,47-45-. The van der Waals surface area contributed by atoms with Gasteiger partial charge in [-0.15, -0.1) is 0 Å². The van der Waals surface area contributed by atoms with Gasteiger partial charge in [-0.05, 0) is 96.3 Å². The van der Waals surface area contributed by atoms with E-state index in [1.54, 1.807) is 0 Å². The minimum Gasteiger partial charge on any atom is -0.756 e. The molecule has 422 valence electrons. The van der Waals surface area contributed by atoms with Crippen molar-refractivity contribution in [2.75, 3.05) is 54.1 Å². The van der Waals surface area contributed by atoms with Gasteiger partial charge in [0.25, 0.3) is 7.82 Å². The maximum Gasteiger partial charge on any atom is 0.306 e. The number of rotatable bonds is 55. The van der Waals surface area contributed by atoms with Crippen LogP contribution in [0.2, 0.25) is 0 Å². The van der Waals surface area contributed by atoms with E-state index in [1.165, 1.54) is 141 Å². The van der Waals surface area contributed by atoms with Crippen LogP contribution in [0.25, 0.3) is 0 Å². The predicted octanol–water partition coefficient (Wildman–Crippen LogP) is 18.7. The van der Waals surface area contributed by atoms with Gasteiger partial charge in [0, 0.05) is 13.0 Å². The van der Waals surface area contributed by atoms with Crippen molar-refractivity contribution in [1.82, 2.24) is 0 Å². The fourth-order valence-electron chi connectivity index (χ4n) is 8.05. The molecular formula is C64H114NO7P. The van der Waals surface area contributed by atoms with Crippen LogP contribution >= 0.6 is 7.82 Å². The molecular weight excluding hydrogens is 926 g/mol. The average molecular weight is 1040 g/mol. The van der Waals surface area contributed by atoms with E-state index >= 15 is 0 Å². The number of quaternary nitrogens is 1. The molecule has 2 atom stereocenters. The van der Waals surface area contributed by atoms with Crippen molar-refractivity contribution in [3.8, 4) is 0 Å². The summed E-state index contributed by atoms with van der Waals surface area (Å²) < 4.78 is 34.8. The lowest BCUT2D eigenvalue weighted by molar-refractivity contribution is -0.870. The normalized spacial score (nSPS) is 14.1. The number of carbonyl (C=O) groups is 1. The Hall–Kier alpha value is -2.58. The number of likely N-dealkylation sites (N-methyl/N-ethyl adjacent to an activating group) is 1. The Morgan fingerprint density at radius 1 is 0.438 bits per heavy atom. The summed E-state index contributed by atoms with van der Waals surface area (Å²) in [5, 5.41) is 0. The Morgan fingerprint density at radius 2 is 0.795 bits per heavy atom. The van der Waals surface area contributed by atoms with Crippen LogP contribution in [0.15, 0.2) is 97.2 Å². The number of hydrogen-bond donors (Lipinski definition) is 0. The molecule has 0 saturated carbocycles. The van der Waals surface area contributed by atoms with Gasteiger partial charge in [0.05, 0.1) is 34.4 Å². The monoisotopic (exact) mass is 1040 g/mol. The zero-order chi connectivity index (χ0) is 53.3. The van der Waals surface area contributed by atoms with Crippen LogP contribution in [0, 0.1) is 0 Å². The van der Waals surface area contributed by atoms with Gasteiger partial charge in [-0.3, -0.25) is 9.36 Å². The minimum absolute atomic E-state index is 0.0149. The topological polar surface area (TPSA) is 94.1 Å². The molecule has 0 rings (SSSR count). The van der Waals surface area contributed by atoms with E-state index in [1.807, 2.05) is 21.1 Å². The van der Waals surface area contributed by atoms with Crippen molar-refractivity contribution in [3.05, 3.63) is 97.2 Å². The maximum absolute atomic E-state index is 12.8. The molecule has 0 aromatic heterocycles. The van der Waals surface area contributed by atoms with Gasteiger partial charge in [0.1, 0.15) is 19.3 Å². The number of hydrogen-bond acceptors (Lipinski definition) is 7. The number of carbonyl (C=O) groups excluding carboxylic acids is 1. The minimum atomic E-state index is -4.55. The van der Waals surface area contributed by atoms with Gasteiger partial charge in [0.15, 0.2) is 0 Å². The van der Waals surface area contributed by atoms with E-state index in [9.17, 15) is 14.3 Å². The van der Waals surface area contributed by atoms with Crippen LogP contribution in [0.3, 0.4) is 0 Å². The summed E-state index contributed by atoms with van der Waals surface area (Å²) in [4.78, 5) is 25.3. The molecule has 0 aliphatic rings. The zero-order valence-corrected chi connectivity index (χ0v) is 49.0. The van der Waals surface area contributed by atoms with Crippen LogP contribution in [-0.4, -0.2) is 70.7 Å². The highest BCUT2D eigenvalue weighted by atomic mass is 31.2. The van der Waals surface area contributed by atoms with Crippen LogP contribution in [0.5, 0.6) is 0 Å². The lowest BCUT2D eigenvalue weighted by atomic mass is 10.0. The highest BCUT2D eigenvalue weighted by molar-refractivity contribution is 7.45. The fraction of sp³-hybridized carbons (Fsp3) is 0.734. The molecule has 0 aliphatic heterocycles. The van der Waals surface area contributed by atoms with Gasteiger partial charge >= 0.3 is 5.97 Å². The molecule has 8 nitrogen and oxygen atoms in total. The molecule has 0 N–H and O–H groups in total. The number of phosphoric acid groups is 1. The first-order chi connectivity index (χ1) is 35.6. The lowest BCUT2D eigenvalue weighted by Gasteiger charge is -2.28. The van der Waals surface area contributed by atoms with Crippen LogP contribution in [0.1, 0.15) is 245 Å². The summed E-state index contributed by atoms with van der Waals surface area (Å²) in [6, 6.07) is 0. The van der Waals surface area contributed by atoms with E-state index in [0.717, 1.165) is 77.0 Å². The zero-order valence-electron chi connectivity index (χ0n) is 48.1. The van der Waals surface area contributed by atoms with Crippen molar-refractivity contribution < 1.29 is 37.3 Å². The molecule has 2 unspecified atom stereocenters. The van der Waals surface area contributed by atoms with E-state index in [2.05, 4.69) is 111 Å². The highest BCUT2D eigenvalue weighted by Gasteiger charge is 2.20. The summed E-state index contributed by atoms with van der Waals surface area (Å²) in [6.45, 7) is 5.26. The first kappa shape index (κ1) is 70.4. The summed E-state index contributed by atoms with van der Waals surface area (Å²) in [5.41, 5.74) is 0. The lowest BCUT2D eigenvalue weighted by Crippen LogP contribution is -2.37. The van der Waals surface area contributed by atoms with E-state index in [4.69, 9.17) is 18.5 Å². The van der Waals surface area contributed by atoms with E-state index < -0.39 is 13.9 Å². The van der Waals surface area contributed by atoms with Crippen molar-refractivity contribution in [1.29, 1.82) is 0 Å². The average Bonchev–Trinajstić information content (AvgIpc) is 3.35. The summed E-state index contributed by atoms with van der Waals surface area (Å²) >= 11 is 0. The number of nitrogens with zero attached hydrogens (tertiary/aromatic N) is 1. The number of esters is 1. The van der Waals surface area contributed by atoms with E-state index in [0.29, 0.717) is 24.1 Å². The third kappa shape index (κ3) is 60.2. The summed E-state index contributed by atoms with van der Waals surface area (Å²) in [7, 11) is 1.33. The first-order valence-corrected chi connectivity index (χ1v) is 31.4. The van der Waals surface area contributed by atoms with Gasteiger partial charge in [-0.1, -0.05) is 239 Å². The fourth-order valence-corrected chi connectivity index (χ4v) is 8.78. The van der Waals surface area contributed by atoms with Crippen molar-refractivity contribution in [2.24, 2.45) is 0 Å². The third-order valence-corrected chi connectivity index (χ3v) is 13.6. The van der Waals surface area contributed by atoms with Gasteiger partial charge in [-0.25, -0.2) is 0 Å². The van der Waals surface area contributed by atoms with Crippen molar-refractivity contribution >= 4 is 13.8 Å². The number of unbranched alkanes of at least 4 members (excludes halogenated alkanes) is 25. The molecule has 73 heavy (non-hydrogen) atoms. The van der Waals surface area contributed by atoms with Gasteiger partial charge in [-0.2, -0.15) is 0 Å². The molecule has 0 radical (unpaired) electrons. The SMILES string of the molecule is CC/C=C\C/C=C\C/C=C\C/C=C\C/C=C\C/C=C\C/C=C\CCCCCC(=O)OC(COCCCCCCCCCCCCCCCC/C=C\CCCCCCCCCC)COP(=O)([O-])OCC[N+](C)(C)C. The van der Waals surface area contributed by atoms with Crippen LogP contribution < -0.4 is 4.89 Å². The molecule has 0 aromatic rings. The molecule has 0 heterocycles. The summed E-state index contributed by atoms with van der Waals surface area (Å²) in [6.07, 6.45) is 77.5. The molecule has 0 spiro atoms. The second-order valence-electron chi connectivity index (χ2n) is 21.0. The highest BCUT2D eigenvalue weighted by Crippen LogP contribution is 2.38. The predicted molar refractivity (Wildman–Crippen MR) is 314 cm³/mol. The van der Waals surface area contributed by atoms with E-state index in [-0.39, 0.29) is 32.2 Å². The van der Waals surface area contributed by atoms with Gasteiger partial charge in [0.2, 0.25) is 0 Å². The Bertz CT molecular complexity index is 1490. The number of ether oxygens (including phenoxy) is 2. The third-order valence-electron chi connectivity index (χ3n) is 12.6. The quantitative estimate of drug-likeness (QED) is 0.0197. The molecule has 0 bridgehead atoms.